The van der Waals surface area contributed by atoms with E-state index in [0.717, 1.165) is 16.5 Å². The zero-order valence-electron chi connectivity index (χ0n) is 13.8. The van der Waals surface area contributed by atoms with Crippen molar-refractivity contribution in [2.75, 3.05) is 5.32 Å². The van der Waals surface area contributed by atoms with Gasteiger partial charge in [0.2, 0.25) is 0 Å². The average Bonchev–Trinajstić information content (AvgIpc) is 3.28. The van der Waals surface area contributed by atoms with E-state index in [1.807, 2.05) is 35.8 Å². The number of fused-ring (bicyclic) bond motifs is 1. The minimum absolute atomic E-state index is 0.0154. The van der Waals surface area contributed by atoms with Crippen molar-refractivity contribution < 1.29 is 18.3 Å². The van der Waals surface area contributed by atoms with E-state index in [0.29, 0.717) is 10.8 Å². The molecule has 2 aromatic carbocycles. The van der Waals surface area contributed by atoms with Gasteiger partial charge in [0.05, 0.1) is 11.3 Å². The number of ether oxygens (including phenoxy) is 1. The minimum atomic E-state index is -3.01. The summed E-state index contributed by atoms with van der Waals surface area (Å²) in [5.74, 6) is -0.746. The molecule has 27 heavy (non-hydrogen) atoms. The highest BCUT2D eigenvalue weighted by Crippen LogP contribution is 2.31. The Labute approximate surface area is 156 Å². The maximum Gasteiger partial charge on any atom is 0.387 e. The molecule has 0 atom stereocenters. The number of amides is 1. The summed E-state index contributed by atoms with van der Waals surface area (Å²) in [4.78, 5) is 20.1. The summed E-state index contributed by atoms with van der Waals surface area (Å²) in [6.45, 7) is -3.01. The molecule has 0 fully saturated rings. The van der Waals surface area contributed by atoms with Gasteiger partial charge in [0, 0.05) is 28.0 Å². The average molecular weight is 385 g/mol. The number of nitrogens with zero attached hydrogens (tertiary/aromatic N) is 1. The van der Waals surface area contributed by atoms with Crippen LogP contribution in [0.15, 0.2) is 60.1 Å². The molecule has 0 radical (unpaired) electrons. The molecular weight excluding hydrogens is 372 g/mol. The number of carbonyl (C=O) groups is 1. The number of aromatic amines is 1. The van der Waals surface area contributed by atoms with Crippen molar-refractivity contribution in [1.82, 2.24) is 9.97 Å². The van der Waals surface area contributed by atoms with Crippen LogP contribution in [0.4, 0.5) is 13.9 Å². The van der Waals surface area contributed by atoms with E-state index in [2.05, 4.69) is 20.0 Å². The first-order valence-corrected chi connectivity index (χ1v) is 8.87. The number of nitrogens with one attached hydrogen (secondary N) is 2. The van der Waals surface area contributed by atoms with Crippen molar-refractivity contribution >= 4 is 33.3 Å². The van der Waals surface area contributed by atoms with Gasteiger partial charge in [0.1, 0.15) is 5.75 Å². The molecule has 8 heteroatoms. The van der Waals surface area contributed by atoms with Crippen LogP contribution in [0.1, 0.15) is 10.4 Å². The number of alkyl halides is 2. The van der Waals surface area contributed by atoms with Crippen LogP contribution in [0.3, 0.4) is 0 Å². The number of thiazole rings is 1. The zero-order chi connectivity index (χ0) is 18.8. The third-order valence-electron chi connectivity index (χ3n) is 3.94. The molecule has 2 heterocycles. The standard InChI is InChI=1S/C19H13F2N3O2S/c20-18(21)26-16-8-4-2-6-12(16)17(25)24-19-23-15(10-27-19)13-9-22-14-7-3-1-5-11(13)14/h1-10,18,22H,(H,23,24,25). The molecule has 0 spiro atoms. The lowest BCUT2D eigenvalue weighted by molar-refractivity contribution is -0.0501. The number of hydrogen-bond acceptors (Lipinski definition) is 4. The number of para-hydroxylation sites is 2. The number of hydrogen-bond donors (Lipinski definition) is 2. The lowest BCUT2D eigenvalue weighted by Gasteiger charge is -2.09. The molecule has 4 rings (SSSR count). The summed E-state index contributed by atoms with van der Waals surface area (Å²) in [7, 11) is 0. The van der Waals surface area contributed by atoms with Gasteiger partial charge in [0.25, 0.3) is 5.91 Å². The Morgan fingerprint density at radius 3 is 2.78 bits per heavy atom. The first-order valence-electron chi connectivity index (χ1n) is 7.99. The molecule has 2 N–H and O–H groups in total. The van der Waals surface area contributed by atoms with E-state index in [9.17, 15) is 13.6 Å². The van der Waals surface area contributed by atoms with E-state index in [-0.39, 0.29) is 11.3 Å². The summed E-state index contributed by atoms with van der Waals surface area (Å²) in [6.07, 6.45) is 1.86. The molecule has 0 aliphatic carbocycles. The van der Waals surface area contributed by atoms with Crippen LogP contribution in [-0.4, -0.2) is 22.5 Å². The second kappa shape index (κ2) is 7.16. The lowest BCUT2D eigenvalue weighted by Crippen LogP contribution is -2.14. The number of benzene rings is 2. The predicted molar refractivity (Wildman–Crippen MR) is 100 cm³/mol. The van der Waals surface area contributed by atoms with Gasteiger partial charge >= 0.3 is 6.61 Å². The van der Waals surface area contributed by atoms with Crippen molar-refractivity contribution in [2.24, 2.45) is 0 Å². The molecule has 2 aromatic heterocycles. The summed E-state index contributed by atoms with van der Waals surface area (Å²) in [5, 5.41) is 5.85. The predicted octanol–water partition coefficient (Wildman–Crippen LogP) is 5.15. The van der Waals surface area contributed by atoms with Crippen molar-refractivity contribution in [3.05, 3.63) is 65.7 Å². The van der Waals surface area contributed by atoms with Crippen molar-refractivity contribution in [2.45, 2.75) is 6.61 Å². The van der Waals surface area contributed by atoms with E-state index in [4.69, 9.17) is 0 Å². The number of carbonyl (C=O) groups excluding carboxylic acids is 1. The highest BCUT2D eigenvalue weighted by Gasteiger charge is 2.17. The van der Waals surface area contributed by atoms with Gasteiger partial charge < -0.3 is 9.72 Å². The van der Waals surface area contributed by atoms with Crippen molar-refractivity contribution in [3.8, 4) is 17.0 Å². The first-order chi connectivity index (χ1) is 13.1. The summed E-state index contributed by atoms with van der Waals surface area (Å²) < 4.78 is 29.4. The second-order valence-electron chi connectivity index (χ2n) is 5.61. The fraction of sp³-hybridized carbons (Fsp3) is 0.0526. The number of halogens is 2. The van der Waals surface area contributed by atoms with Crippen LogP contribution in [-0.2, 0) is 0 Å². The number of anilines is 1. The van der Waals surface area contributed by atoms with Crippen LogP contribution in [0.2, 0.25) is 0 Å². The molecule has 0 unspecified atom stereocenters. The topological polar surface area (TPSA) is 67.0 Å². The van der Waals surface area contributed by atoms with E-state index < -0.39 is 12.5 Å². The smallest absolute Gasteiger partial charge is 0.387 e. The normalized spacial score (nSPS) is 11.1. The fourth-order valence-corrected chi connectivity index (χ4v) is 3.46. The lowest BCUT2D eigenvalue weighted by atomic mass is 10.1. The summed E-state index contributed by atoms with van der Waals surface area (Å²) >= 11 is 1.25. The Morgan fingerprint density at radius 2 is 1.93 bits per heavy atom. The SMILES string of the molecule is O=C(Nc1nc(-c2c[nH]c3ccccc23)cs1)c1ccccc1OC(F)F. The van der Waals surface area contributed by atoms with Gasteiger partial charge in [-0.05, 0) is 18.2 Å². The fourth-order valence-electron chi connectivity index (χ4n) is 2.76. The molecule has 0 saturated carbocycles. The molecule has 0 aliphatic heterocycles. The Kier molecular flexibility index (Phi) is 4.55. The quantitative estimate of drug-likeness (QED) is 0.500. The van der Waals surface area contributed by atoms with E-state index in [1.54, 1.807) is 6.07 Å². The molecule has 0 saturated heterocycles. The van der Waals surface area contributed by atoms with Crippen LogP contribution >= 0.6 is 11.3 Å². The number of aromatic nitrogens is 2. The van der Waals surface area contributed by atoms with Gasteiger partial charge in [-0.15, -0.1) is 11.3 Å². The molecule has 5 nitrogen and oxygen atoms in total. The third kappa shape index (κ3) is 3.52. The number of rotatable bonds is 5. The van der Waals surface area contributed by atoms with Gasteiger partial charge in [-0.1, -0.05) is 30.3 Å². The largest absolute Gasteiger partial charge is 0.434 e. The molecule has 1 amide bonds. The molecule has 4 aromatic rings. The van der Waals surface area contributed by atoms with Gasteiger partial charge in [-0.3, -0.25) is 10.1 Å². The third-order valence-corrected chi connectivity index (χ3v) is 4.70. The summed E-state index contributed by atoms with van der Waals surface area (Å²) in [6, 6.07) is 13.7. The molecule has 0 bridgehead atoms. The van der Waals surface area contributed by atoms with E-state index >= 15 is 0 Å². The first kappa shape index (κ1) is 17.2. The maximum absolute atomic E-state index is 12.5. The van der Waals surface area contributed by atoms with Crippen molar-refractivity contribution in [3.63, 3.8) is 0 Å². The molecular formula is C19H13F2N3O2S. The van der Waals surface area contributed by atoms with Crippen LogP contribution in [0, 0.1) is 0 Å². The van der Waals surface area contributed by atoms with E-state index in [1.165, 1.54) is 29.5 Å². The summed E-state index contributed by atoms with van der Waals surface area (Å²) in [5.41, 5.74) is 2.64. The second-order valence-corrected chi connectivity index (χ2v) is 6.47. The Balaban J connectivity index is 1.57. The Hall–Kier alpha value is -3.26. The van der Waals surface area contributed by atoms with Crippen LogP contribution < -0.4 is 10.1 Å². The zero-order valence-corrected chi connectivity index (χ0v) is 14.6. The Morgan fingerprint density at radius 1 is 1.15 bits per heavy atom. The monoisotopic (exact) mass is 385 g/mol. The Bertz CT molecular complexity index is 1110. The van der Waals surface area contributed by atoms with Gasteiger partial charge in [-0.25, -0.2) is 4.98 Å². The van der Waals surface area contributed by atoms with Crippen LogP contribution in [0.5, 0.6) is 5.75 Å². The minimum Gasteiger partial charge on any atom is -0.434 e. The van der Waals surface area contributed by atoms with Gasteiger partial charge in [0.15, 0.2) is 5.13 Å². The van der Waals surface area contributed by atoms with Crippen LogP contribution in [0.25, 0.3) is 22.2 Å². The number of H-pyrrole nitrogens is 1. The molecule has 136 valence electrons. The highest BCUT2D eigenvalue weighted by molar-refractivity contribution is 7.14. The molecule has 0 aliphatic rings. The van der Waals surface area contributed by atoms with Gasteiger partial charge in [-0.2, -0.15) is 8.78 Å². The highest BCUT2D eigenvalue weighted by atomic mass is 32.1. The maximum atomic E-state index is 12.5. The van der Waals surface area contributed by atoms with Crippen molar-refractivity contribution in [1.29, 1.82) is 0 Å².